The molecule has 0 aliphatic rings. The third kappa shape index (κ3) is 4.04. The predicted octanol–water partition coefficient (Wildman–Crippen LogP) is 2.41. The van der Waals surface area contributed by atoms with Crippen LogP contribution in [0.25, 0.3) is 0 Å². The molecule has 3 heteroatoms. The normalized spacial score (nSPS) is 11.7. The molecule has 3 nitrogen and oxygen atoms in total. The Bertz CT molecular complexity index is 300. The summed E-state index contributed by atoms with van der Waals surface area (Å²) in [5, 5.41) is 3.36. The lowest BCUT2D eigenvalue weighted by molar-refractivity contribution is 0.573. The summed E-state index contributed by atoms with van der Waals surface area (Å²) in [5.41, 5.74) is 2.43. The summed E-state index contributed by atoms with van der Waals surface area (Å²) in [6.45, 7) is 11.7. The Morgan fingerprint density at radius 1 is 1.27 bits per heavy atom. The number of hydrogen-bond acceptors (Lipinski definition) is 2. The van der Waals surface area contributed by atoms with Crippen LogP contribution in [0.1, 0.15) is 44.9 Å². The van der Waals surface area contributed by atoms with E-state index in [1.165, 1.54) is 11.4 Å². The maximum absolute atomic E-state index is 4.60. The number of imidazole rings is 1. The molecule has 86 valence electrons. The zero-order chi connectivity index (χ0) is 11.4. The van der Waals surface area contributed by atoms with Crippen LogP contribution in [0.2, 0.25) is 0 Å². The smallest absolute Gasteiger partial charge is 0.120 e. The van der Waals surface area contributed by atoms with Crippen LogP contribution >= 0.6 is 0 Å². The van der Waals surface area contributed by atoms with E-state index in [1.54, 1.807) is 0 Å². The fourth-order valence-electron chi connectivity index (χ4n) is 1.53. The van der Waals surface area contributed by atoms with Gasteiger partial charge in [0, 0.05) is 11.7 Å². The van der Waals surface area contributed by atoms with Crippen molar-refractivity contribution in [3.63, 3.8) is 0 Å². The lowest BCUT2D eigenvalue weighted by Crippen LogP contribution is -2.22. The number of hydrogen-bond donors (Lipinski definition) is 2. The highest BCUT2D eigenvalue weighted by molar-refractivity contribution is 5.13. The summed E-state index contributed by atoms with van der Waals surface area (Å²) >= 11 is 0. The van der Waals surface area contributed by atoms with Gasteiger partial charge in [-0.05, 0) is 19.3 Å². The zero-order valence-corrected chi connectivity index (χ0v) is 10.5. The van der Waals surface area contributed by atoms with Crippen LogP contribution in [-0.2, 0) is 13.0 Å². The number of nitrogens with one attached hydrogen (secondary N) is 2. The standard InChI is InChI=1S/C12H23N3/c1-8(2)6-11-10(5)14-12(15-11)7-13-9(3)4/h8-9,13H,6-7H2,1-5H3,(H,14,15). The molecule has 0 saturated heterocycles. The number of aromatic nitrogens is 2. The van der Waals surface area contributed by atoms with Crippen molar-refractivity contribution >= 4 is 0 Å². The Labute approximate surface area is 92.7 Å². The molecule has 1 aromatic rings. The molecule has 2 N–H and O–H groups in total. The minimum Gasteiger partial charge on any atom is -0.345 e. The summed E-state index contributed by atoms with van der Waals surface area (Å²) in [4.78, 5) is 7.94. The molecule has 15 heavy (non-hydrogen) atoms. The third-order valence-electron chi connectivity index (χ3n) is 2.31. The first-order chi connectivity index (χ1) is 6.99. The van der Waals surface area contributed by atoms with Gasteiger partial charge in [0.15, 0.2) is 0 Å². The summed E-state index contributed by atoms with van der Waals surface area (Å²) in [5.74, 6) is 1.72. The van der Waals surface area contributed by atoms with Gasteiger partial charge in [-0.15, -0.1) is 0 Å². The molecule has 0 unspecified atom stereocenters. The average molecular weight is 209 g/mol. The Morgan fingerprint density at radius 3 is 2.47 bits per heavy atom. The van der Waals surface area contributed by atoms with Gasteiger partial charge in [0.25, 0.3) is 0 Å². The molecule has 0 spiro atoms. The van der Waals surface area contributed by atoms with Crippen LogP contribution in [0.3, 0.4) is 0 Å². The SMILES string of the molecule is Cc1[nH]c(CNC(C)C)nc1CC(C)C. The molecule has 0 fully saturated rings. The molecule has 0 saturated carbocycles. The molecule has 1 aromatic heterocycles. The number of aryl methyl sites for hydroxylation is 1. The number of H-pyrrole nitrogens is 1. The summed E-state index contributed by atoms with van der Waals surface area (Å²) in [7, 11) is 0. The van der Waals surface area contributed by atoms with Gasteiger partial charge >= 0.3 is 0 Å². The lowest BCUT2D eigenvalue weighted by atomic mass is 10.1. The van der Waals surface area contributed by atoms with E-state index < -0.39 is 0 Å². The van der Waals surface area contributed by atoms with Gasteiger partial charge in [-0.25, -0.2) is 4.98 Å². The van der Waals surface area contributed by atoms with Crippen molar-refractivity contribution in [2.45, 2.75) is 53.6 Å². The molecular weight excluding hydrogens is 186 g/mol. The first kappa shape index (κ1) is 12.2. The lowest BCUT2D eigenvalue weighted by Gasteiger charge is -2.04. The fourth-order valence-corrected chi connectivity index (χ4v) is 1.53. The molecule has 0 atom stereocenters. The van der Waals surface area contributed by atoms with E-state index in [2.05, 4.69) is 49.9 Å². The largest absolute Gasteiger partial charge is 0.345 e. The van der Waals surface area contributed by atoms with Gasteiger partial charge in [0.1, 0.15) is 5.82 Å². The predicted molar refractivity (Wildman–Crippen MR) is 63.8 cm³/mol. The van der Waals surface area contributed by atoms with E-state index in [9.17, 15) is 0 Å². The number of rotatable bonds is 5. The van der Waals surface area contributed by atoms with E-state index in [0.717, 1.165) is 18.8 Å². The summed E-state index contributed by atoms with van der Waals surface area (Å²) < 4.78 is 0. The van der Waals surface area contributed by atoms with Crippen molar-refractivity contribution in [1.82, 2.24) is 15.3 Å². The molecular formula is C12H23N3. The molecule has 1 rings (SSSR count). The first-order valence-corrected chi connectivity index (χ1v) is 5.76. The number of nitrogens with zero attached hydrogens (tertiary/aromatic N) is 1. The van der Waals surface area contributed by atoms with E-state index >= 15 is 0 Å². The minimum atomic E-state index is 0.504. The van der Waals surface area contributed by atoms with Gasteiger partial charge in [0.05, 0.1) is 12.2 Å². The molecule has 1 heterocycles. The van der Waals surface area contributed by atoms with Gasteiger partial charge in [-0.1, -0.05) is 27.7 Å². The second-order valence-corrected chi connectivity index (χ2v) is 4.89. The third-order valence-corrected chi connectivity index (χ3v) is 2.31. The quantitative estimate of drug-likeness (QED) is 0.782. The highest BCUT2D eigenvalue weighted by atomic mass is 15.0. The molecule has 0 aliphatic carbocycles. The van der Waals surface area contributed by atoms with Gasteiger partial charge in [-0.2, -0.15) is 0 Å². The molecule has 0 amide bonds. The van der Waals surface area contributed by atoms with Crippen LogP contribution in [0.5, 0.6) is 0 Å². The monoisotopic (exact) mass is 209 g/mol. The average Bonchev–Trinajstić information content (AvgIpc) is 2.43. The molecule has 0 bridgehead atoms. The summed E-state index contributed by atoms with van der Waals surface area (Å²) in [6, 6.07) is 0.504. The van der Waals surface area contributed by atoms with Crippen molar-refractivity contribution in [2.24, 2.45) is 5.92 Å². The highest BCUT2D eigenvalue weighted by Crippen LogP contribution is 2.10. The van der Waals surface area contributed by atoms with E-state index in [0.29, 0.717) is 12.0 Å². The van der Waals surface area contributed by atoms with Gasteiger partial charge in [-0.3, -0.25) is 0 Å². The van der Waals surface area contributed by atoms with Crippen molar-refractivity contribution in [1.29, 1.82) is 0 Å². The number of aromatic amines is 1. The fraction of sp³-hybridized carbons (Fsp3) is 0.750. The van der Waals surface area contributed by atoms with Crippen LogP contribution in [0, 0.1) is 12.8 Å². The van der Waals surface area contributed by atoms with Crippen LogP contribution in [0.4, 0.5) is 0 Å². The first-order valence-electron chi connectivity index (χ1n) is 5.76. The summed E-state index contributed by atoms with van der Waals surface area (Å²) in [6.07, 6.45) is 1.06. The maximum atomic E-state index is 4.60. The van der Waals surface area contributed by atoms with Crippen LogP contribution in [0.15, 0.2) is 0 Å². The van der Waals surface area contributed by atoms with Gasteiger partial charge in [0.2, 0.25) is 0 Å². The topological polar surface area (TPSA) is 40.7 Å². The molecule has 0 aromatic carbocycles. The van der Waals surface area contributed by atoms with Crippen molar-refractivity contribution < 1.29 is 0 Å². The van der Waals surface area contributed by atoms with Crippen molar-refractivity contribution in [3.8, 4) is 0 Å². The van der Waals surface area contributed by atoms with Crippen LogP contribution in [-0.4, -0.2) is 16.0 Å². The Kier molecular flexibility index (Phi) is 4.33. The second kappa shape index (κ2) is 5.31. The highest BCUT2D eigenvalue weighted by Gasteiger charge is 2.08. The van der Waals surface area contributed by atoms with Crippen molar-refractivity contribution in [2.75, 3.05) is 0 Å². The van der Waals surface area contributed by atoms with Gasteiger partial charge < -0.3 is 10.3 Å². The minimum absolute atomic E-state index is 0.504. The Morgan fingerprint density at radius 2 is 1.93 bits per heavy atom. The Hall–Kier alpha value is -0.830. The molecule has 0 aliphatic heterocycles. The molecule has 0 radical (unpaired) electrons. The van der Waals surface area contributed by atoms with E-state index in [4.69, 9.17) is 0 Å². The van der Waals surface area contributed by atoms with E-state index in [1.807, 2.05) is 0 Å². The maximum Gasteiger partial charge on any atom is 0.120 e. The van der Waals surface area contributed by atoms with E-state index in [-0.39, 0.29) is 0 Å². The Balaban J connectivity index is 2.60. The zero-order valence-electron chi connectivity index (χ0n) is 10.5. The van der Waals surface area contributed by atoms with Crippen LogP contribution < -0.4 is 5.32 Å². The van der Waals surface area contributed by atoms with Crippen molar-refractivity contribution in [3.05, 3.63) is 17.2 Å². The second-order valence-electron chi connectivity index (χ2n) is 4.89.